The van der Waals surface area contributed by atoms with Crippen LogP contribution >= 0.6 is 23.2 Å². The molecule has 0 fully saturated rings. The fraction of sp³-hybridized carbons (Fsp3) is 0.462. The number of Topliss-reactive ketones (excluding diaryl/α,β-unsaturated/α-hetero) is 1. The van der Waals surface area contributed by atoms with Crippen LogP contribution in [0.1, 0.15) is 31.1 Å². The molecule has 2 atom stereocenters. The van der Waals surface area contributed by atoms with Crippen LogP contribution in [0.25, 0.3) is 0 Å². The molecule has 0 aromatic heterocycles. The van der Waals surface area contributed by atoms with Gasteiger partial charge in [-0.1, -0.05) is 37.0 Å². The Hall–Kier alpha value is -0.380. The van der Waals surface area contributed by atoms with E-state index in [0.717, 1.165) is 0 Å². The molecule has 18 heavy (non-hydrogen) atoms. The van der Waals surface area contributed by atoms with Crippen molar-refractivity contribution >= 4 is 39.8 Å². The highest BCUT2D eigenvalue weighted by atomic mass is 35.5. The van der Waals surface area contributed by atoms with E-state index in [1.54, 1.807) is 19.1 Å². The van der Waals surface area contributed by atoms with E-state index in [9.17, 15) is 9.00 Å². The molecule has 0 aliphatic heterocycles. The molecule has 0 aliphatic rings. The number of hydrogen-bond donors (Lipinski definition) is 0. The van der Waals surface area contributed by atoms with E-state index >= 15 is 0 Å². The molecule has 0 N–H and O–H groups in total. The summed E-state index contributed by atoms with van der Waals surface area (Å²) in [6, 6.07) is 4.71. The zero-order chi connectivity index (χ0) is 13.9. The van der Waals surface area contributed by atoms with Crippen LogP contribution in [-0.2, 0) is 10.8 Å². The van der Waals surface area contributed by atoms with E-state index < -0.39 is 16.0 Å². The highest BCUT2D eigenvalue weighted by Crippen LogP contribution is 2.23. The van der Waals surface area contributed by atoms with E-state index in [0.29, 0.717) is 27.3 Å². The fourth-order valence-electron chi connectivity index (χ4n) is 1.50. The lowest BCUT2D eigenvalue weighted by molar-refractivity contribution is 0.0993. The third-order valence-electron chi connectivity index (χ3n) is 2.46. The second-order valence-electron chi connectivity index (χ2n) is 4.57. The van der Waals surface area contributed by atoms with Crippen molar-refractivity contribution in [2.75, 3.05) is 5.75 Å². The fourth-order valence-corrected chi connectivity index (χ4v) is 3.31. The Kier molecular flexibility index (Phi) is 5.83. The summed E-state index contributed by atoms with van der Waals surface area (Å²) in [4.78, 5) is 12.2. The summed E-state index contributed by atoms with van der Waals surface area (Å²) in [7, 11) is -1.18. The lowest BCUT2D eigenvalue weighted by Gasteiger charge is -2.13. The first-order valence-electron chi connectivity index (χ1n) is 5.69. The molecule has 0 radical (unpaired) electrons. The van der Waals surface area contributed by atoms with Gasteiger partial charge in [0.1, 0.15) is 0 Å². The van der Waals surface area contributed by atoms with Crippen LogP contribution in [0, 0.1) is 5.92 Å². The van der Waals surface area contributed by atoms with E-state index in [1.165, 1.54) is 6.07 Å². The molecule has 1 rings (SSSR count). The van der Waals surface area contributed by atoms with Crippen molar-refractivity contribution in [2.45, 2.75) is 26.0 Å². The average Bonchev–Trinajstić information content (AvgIpc) is 2.26. The number of halogens is 2. The zero-order valence-corrected chi connectivity index (χ0v) is 12.9. The van der Waals surface area contributed by atoms with Gasteiger partial charge in [0.05, 0.1) is 10.3 Å². The van der Waals surface area contributed by atoms with Gasteiger partial charge in [0, 0.05) is 27.1 Å². The van der Waals surface area contributed by atoms with Crippen LogP contribution in [-0.4, -0.2) is 21.0 Å². The molecule has 2 nitrogen and oxygen atoms in total. The summed E-state index contributed by atoms with van der Waals surface area (Å²) in [5.41, 5.74) is 0.380. The van der Waals surface area contributed by atoms with Crippen LogP contribution in [0.4, 0.5) is 0 Å². The Morgan fingerprint density at radius 3 is 2.39 bits per heavy atom. The molecular weight excluding hydrogens is 291 g/mol. The van der Waals surface area contributed by atoms with Crippen LogP contribution in [0.15, 0.2) is 18.2 Å². The summed E-state index contributed by atoms with van der Waals surface area (Å²) >= 11 is 11.8. The molecule has 2 unspecified atom stereocenters. The summed E-state index contributed by atoms with van der Waals surface area (Å²) in [5.74, 6) is 0.607. The summed E-state index contributed by atoms with van der Waals surface area (Å²) in [5, 5.41) is 0.236. The standard InChI is InChI=1S/C13H16Cl2O2S/c1-8(2)7-18(17)9(3)13(16)11-5-4-10(14)6-12(11)15/h4-6,8-9H,7H2,1-3H3. The zero-order valence-electron chi connectivity index (χ0n) is 10.6. The van der Waals surface area contributed by atoms with Gasteiger partial charge in [-0.3, -0.25) is 9.00 Å². The first-order valence-corrected chi connectivity index (χ1v) is 7.83. The number of carbonyl (C=O) groups is 1. The van der Waals surface area contributed by atoms with Crippen LogP contribution < -0.4 is 0 Å². The van der Waals surface area contributed by atoms with Gasteiger partial charge in [-0.05, 0) is 31.0 Å². The molecule has 100 valence electrons. The maximum absolute atomic E-state index is 12.2. The molecule has 5 heteroatoms. The van der Waals surface area contributed by atoms with Gasteiger partial charge < -0.3 is 0 Å². The largest absolute Gasteiger partial charge is 0.293 e. The minimum atomic E-state index is -1.18. The number of rotatable bonds is 5. The summed E-state index contributed by atoms with van der Waals surface area (Å²) < 4.78 is 12.0. The van der Waals surface area contributed by atoms with Gasteiger partial charge in [-0.25, -0.2) is 0 Å². The van der Waals surface area contributed by atoms with Crippen molar-refractivity contribution < 1.29 is 9.00 Å². The van der Waals surface area contributed by atoms with E-state index in [4.69, 9.17) is 23.2 Å². The Morgan fingerprint density at radius 1 is 1.28 bits per heavy atom. The maximum atomic E-state index is 12.2. The third kappa shape index (κ3) is 4.08. The normalized spacial score (nSPS) is 14.6. The Bertz CT molecular complexity index is 472. The van der Waals surface area contributed by atoms with Crippen molar-refractivity contribution in [1.82, 2.24) is 0 Å². The monoisotopic (exact) mass is 306 g/mol. The van der Waals surface area contributed by atoms with Gasteiger partial charge in [-0.15, -0.1) is 0 Å². The molecule has 0 saturated carbocycles. The molecule has 0 spiro atoms. The topological polar surface area (TPSA) is 34.1 Å². The second-order valence-corrected chi connectivity index (χ2v) is 7.22. The Labute approximate surface area is 120 Å². The predicted molar refractivity (Wildman–Crippen MR) is 78.1 cm³/mol. The lowest BCUT2D eigenvalue weighted by Crippen LogP contribution is -2.26. The molecule has 1 aromatic carbocycles. The minimum absolute atomic E-state index is 0.198. The number of ketones is 1. The van der Waals surface area contributed by atoms with Gasteiger partial charge >= 0.3 is 0 Å². The molecular formula is C13H16Cl2O2S. The molecule has 1 aromatic rings. The van der Waals surface area contributed by atoms with Crippen molar-refractivity contribution in [1.29, 1.82) is 0 Å². The first kappa shape index (κ1) is 15.7. The molecule has 0 heterocycles. The Morgan fingerprint density at radius 2 is 1.89 bits per heavy atom. The van der Waals surface area contributed by atoms with Crippen molar-refractivity contribution in [3.63, 3.8) is 0 Å². The van der Waals surface area contributed by atoms with Crippen molar-refractivity contribution in [3.8, 4) is 0 Å². The highest BCUT2D eigenvalue weighted by molar-refractivity contribution is 7.86. The van der Waals surface area contributed by atoms with E-state index in [2.05, 4.69) is 0 Å². The maximum Gasteiger partial charge on any atom is 0.179 e. The number of benzene rings is 1. The van der Waals surface area contributed by atoms with Crippen LogP contribution in [0.2, 0.25) is 10.0 Å². The van der Waals surface area contributed by atoms with E-state index in [1.807, 2.05) is 13.8 Å². The smallest absolute Gasteiger partial charge is 0.179 e. The SMILES string of the molecule is CC(C)CS(=O)C(C)C(=O)c1ccc(Cl)cc1Cl. The average molecular weight is 307 g/mol. The number of carbonyl (C=O) groups excluding carboxylic acids is 1. The summed E-state index contributed by atoms with van der Waals surface area (Å²) in [6.45, 7) is 5.63. The molecule has 0 bridgehead atoms. The Balaban J connectivity index is 2.90. The molecule has 0 aliphatic carbocycles. The van der Waals surface area contributed by atoms with Crippen LogP contribution in [0.5, 0.6) is 0 Å². The first-order chi connectivity index (χ1) is 8.32. The molecule has 0 amide bonds. The van der Waals surface area contributed by atoms with Gasteiger partial charge in [0.2, 0.25) is 0 Å². The lowest BCUT2D eigenvalue weighted by atomic mass is 10.1. The van der Waals surface area contributed by atoms with E-state index in [-0.39, 0.29) is 5.78 Å². The predicted octanol–water partition coefficient (Wildman–Crippen LogP) is 3.97. The quantitative estimate of drug-likeness (QED) is 0.771. The highest BCUT2D eigenvalue weighted by Gasteiger charge is 2.23. The second kappa shape index (κ2) is 6.69. The molecule has 0 saturated heterocycles. The van der Waals surface area contributed by atoms with Gasteiger partial charge in [0.25, 0.3) is 0 Å². The van der Waals surface area contributed by atoms with Crippen molar-refractivity contribution in [2.24, 2.45) is 5.92 Å². The van der Waals surface area contributed by atoms with Gasteiger partial charge in [0.15, 0.2) is 5.78 Å². The van der Waals surface area contributed by atoms with Gasteiger partial charge in [-0.2, -0.15) is 0 Å². The summed E-state index contributed by atoms with van der Waals surface area (Å²) in [6.07, 6.45) is 0. The van der Waals surface area contributed by atoms with Crippen molar-refractivity contribution in [3.05, 3.63) is 33.8 Å². The number of hydrogen-bond acceptors (Lipinski definition) is 2. The minimum Gasteiger partial charge on any atom is -0.293 e. The van der Waals surface area contributed by atoms with Crippen LogP contribution in [0.3, 0.4) is 0 Å². The third-order valence-corrected chi connectivity index (χ3v) is 5.00.